The standard InChI is InChI=1S/C8H9F3/c1-4-3-6(9)8(11)5(2)7(4)10/h3,5,8H,1-2H3. The Morgan fingerprint density at radius 3 is 2.45 bits per heavy atom. The van der Waals surface area contributed by atoms with E-state index in [-0.39, 0.29) is 5.57 Å². The first kappa shape index (κ1) is 8.37. The van der Waals surface area contributed by atoms with Crippen LogP contribution in [0.5, 0.6) is 0 Å². The summed E-state index contributed by atoms with van der Waals surface area (Å²) in [6.45, 7) is 2.76. The molecule has 0 amide bonds. The van der Waals surface area contributed by atoms with Gasteiger partial charge in [-0.2, -0.15) is 0 Å². The van der Waals surface area contributed by atoms with Crippen molar-refractivity contribution in [3.05, 3.63) is 23.3 Å². The number of allylic oxidation sites excluding steroid dienone is 4. The predicted octanol–water partition coefficient (Wildman–Crippen LogP) is 3.07. The first-order valence-corrected chi connectivity index (χ1v) is 3.41. The molecule has 1 aliphatic rings. The Morgan fingerprint density at radius 1 is 1.36 bits per heavy atom. The highest BCUT2D eigenvalue weighted by Crippen LogP contribution is 2.32. The van der Waals surface area contributed by atoms with Crippen LogP contribution in [0.15, 0.2) is 23.3 Å². The van der Waals surface area contributed by atoms with Gasteiger partial charge in [0.2, 0.25) is 0 Å². The van der Waals surface area contributed by atoms with Crippen LogP contribution in [-0.2, 0) is 0 Å². The Hall–Kier alpha value is -0.730. The Labute approximate surface area is 63.4 Å². The number of hydrogen-bond donors (Lipinski definition) is 0. The monoisotopic (exact) mass is 162 g/mol. The maximum absolute atomic E-state index is 12.8. The third-order valence-corrected chi connectivity index (χ3v) is 1.83. The fourth-order valence-corrected chi connectivity index (χ4v) is 1.08. The van der Waals surface area contributed by atoms with Gasteiger partial charge in [-0.05, 0) is 18.6 Å². The Kier molecular flexibility index (Phi) is 2.07. The van der Waals surface area contributed by atoms with Crippen molar-refractivity contribution >= 4 is 0 Å². The van der Waals surface area contributed by atoms with Crippen molar-refractivity contribution < 1.29 is 13.2 Å². The Balaban J connectivity index is 3.01. The molecule has 0 saturated heterocycles. The van der Waals surface area contributed by atoms with E-state index >= 15 is 0 Å². The fraction of sp³-hybridized carbons (Fsp3) is 0.500. The Morgan fingerprint density at radius 2 is 1.91 bits per heavy atom. The summed E-state index contributed by atoms with van der Waals surface area (Å²) >= 11 is 0. The maximum Gasteiger partial charge on any atom is 0.160 e. The van der Waals surface area contributed by atoms with Crippen LogP contribution < -0.4 is 0 Å². The molecule has 0 fully saturated rings. The number of alkyl halides is 1. The molecule has 0 aromatic carbocycles. The molecule has 62 valence electrons. The molecule has 0 N–H and O–H groups in total. The second-order valence-electron chi connectivity index (χ2n) is 2.75. The van der Waals surface area contributed by atoms with Crippen molar-refractivity contribution in [1.82, 2.24) is 0 Å². The normalized spacial score (nSPS) is 32.3. The molecular formula is C8H9F3. The lowest BCUT2D eigenvalue weighted by atomic mass is 9.95. The molecule has 0 heterocycles. The van der Waals surface area contributed by atoms with Gasteiger partial charge in [0.25, 0.3) is 0 Å². The first-order valence-electron chi connectivity index (χ1n) is 3.41. The van der Waals surface area contributed by atoms with E-state index in [0.29, 0.717) is 0 Å². The fourth-order valence-electron chi connectivity index (χ4n) is 1.08. The molecule has 0 bridgehead atoms. The summed E-state index contributed by atoms with van der Waals surface area (Å²) in [5.41, 5.74) is 0.184. The zero-order valence-corrected chi connectivity index (χ0v) is 6.37. The van der Waals surface area contributed by atoms with Crippen molar-refractivity contribution in [2.24, 2.45) is 5.92 Å². The van der Waals surface area contributed by atoms with Crippen LogP contribution >= 0.6 is 0 Å². The van der Waals surface area contributed by atoms with Crippen molar-refractivity contribution in [2.45, 2.75) is 20.0 Å². The summed E-state index contributed by atoms with van der Waals surface area (Å²) in [6, 6.07) is 0. The number of rotatable bonds is 0. The molecule has 0 aliphatic heterocycles. The third kappa shape index (κ3) is 1.32. The molecule has 3 heteroatoms. The molecule has 11 heavy (non-hydrogen) atoms. The smallest absolute Gasteiger partial charge is 0.160 e. The first-order chi connectivity index (χ1) is 5.04. The van der Waals surface area contributed by atoms with Crippen LogP contribution in [0.25, 0.3) is 0 Å². The van der Waals surface area contributed by atoms with E-state index in [1.807, 2.05) is 0 Å². The quantitative estimate of drug-likeness (QED) is 0.513. The lowest BCUT2D eigenvalue weighted by Gasteiger charge is -2.19. The second kappa shape index (κ2) is 2.72. The molecule has 2 atom stereocenters. The van der Waals surface area contributed by atoms with E-state index in [1.165, 1.54) is 13.8 Å². The molecule has 0 spiro atoms. The summed E-state index contributed by atoms with van der Waals surface area (Å²) in [5, 5.41) is 0. The van der Waals surface area contributed by atoms with E-state index in [0.717, 1.165) is 6.08 Å². The van der Waals surface area contributed by atoms with E-state index in [9.17, 15) is 13.2 Å². The minimum atomic E-state index is -1.81. The Bertz CT molecular complexity index is 227. The SMILES string of the molecule is CC1=C(F)C(C)C(F)C(F)=C1. The highest BCUT2D eigenvalue weighted by molar-refractivity contribution is 5.30. The highest BCUT2D eigenvalue weighted by Gasteiger charge is 2.29. The average molecular weight is 162 g/mol. The van der Waals surface area contributed by atoms with Crippen LogP contribution in [0.3, 0.4) is 0 Å². The molecule has 0 saturated carbocycles. The van der Waals surface area contributed by atoms with Crippen LogP contribution in [-0.4, -0.2) is 6.17 Å². The van der Waals surface area contributed by atoms with Gasteiger partial charge in [-0.3, -0.25) is 0 Å². The van der Waals surface area contributed by atoms with Crippen molar-refractivity contribution in [3.63, 3.8) is 0 Å². The van der Waals surface area contributed by atoms with Gasteiger partial charge < -0.3 is 0 Å². The summed E-state index contributed by atoms with van der Waals surface area (Å²) in [4.78, 5) is 0. The predicted molar refractivity (Wildman–Crippen MR) is 37.1 cm³/mol. The van der Waals surface area contributed by atoms with Crippen LogP contribution in [0.2, 0.25) is 0 Å². The van der Waals surface area contributed by atoms with Crippen molar-refractivity contribution in [2.75, 3.05) is 0 Å². The number of hydrogen-bond acceptors (Lipinski definition) is 0. The largest absolute Gasteiger partial charge is 0.239 e. The topological polar surface area (TPSA) is 0 Å². The van der Waals surface area contributed by atoms with E-state index < -0.39 is 23.7 Å². The van der Waals surface area contributed by atoms with E-state index in [2.05, 4.69) is 0 Å². The average Bonchev–Trinajstić information content (AvgIpc) is 1.97. The molecule has 0 radical (unpaired) electrons. The zero-order valence-electron chi connectivity index (χ0n) is 6.37. The van der Waals surface area contributed by atoms with Crippen LogP contribution in [0.4, 0.5) is 13.2 Å². The lowest BCUT2D eigenvalue weighted by Crippen LogP contribution is -2.18. The molecule has 0 aromatic rings. The van der Waals surface area contributed by atoms with E-state index in [1.54, 1.807) is 0 Å². The van der Waals surface area contributed by atoms with Gasteiger partial charge in [-0.1, -0.05) is 6.92 Å². The minimum absolute atomic E-state index is 0.184. The zero-order chi connectivity index (χ0) is 8.59. The lowest BCUT2D eigenvalue weighted by molar-refractivity contribution is 0.238. The highest BCUT2D eigenvalue weighted by atomic mass is 19.2. The van der Waals surface area contributed by atoms with Gasteiger partial charge in [-0.15, -0.1) is 0 Å². The van der Waals surface area contributed by atoms with Gasteiger partial charge in [-0.25, -0.2) is 13.2 Å². The second-order valence-corrected chi connectivity index (χ2v) is 2.75. The molecule has 1 aliphatic carbocycles. The summed E-state index contributed by atoms with van der Waals surface area (Å²) in [6.07, 6.45) is -0.904. The van der Waals surface area contributed by atoms with Crippen LogP contribution in [0.1, 0.15) is 13.8 Å². The summed E-state index contributed by atoms with van der Waals surface area (Å²) in [5.74, 6) is -2.41. The van der Waals surface area contributed by atoms with Gasteiger partial charge in [0.15, 0.2) is 6.17 Å². The maximum atomic E-state index is 12.8. The molecule has 0 aromatic heterocycles. The molecule has 1 rings (SSSR count). The minimum Gasteiger partial charge on any atom is -0.239 e. The molecular weight excluding hydrogens is 153 g/mol. The molecule has 0 nitrogen and oxygen atoms in total. The van der Waals surface area contributed by atoms with Crippen molar-refractivity contribution in [3.8, 4) is 0 Å². The van der Waals surface area contributed by atoms with Crippen LogP contribution in [0, 0.1) is 5.92 Å². The number of halogens is 3. The van der Waals surface area contributed by atoms with Gasteiger partial charge in [0, 0.05) is 5.92 Å². The van der Waals surface area contributed by atoms with Gasteiger partial charge in [0.05, 0.1) is 0 Å². The van der Waals surface area contributed by atoms with Crippen molar-refractivity contribution in [1.29, 1.82) is 0 Å². The summed E-state index contributed by atoms with van der Waals surface area (Å²) in [7, 11) is 0. The third-order valence-electron chi connectivity index (χ3n) is 1.83. The van der Waals surface area contributed by atoms with Gasteiger partial charge in [0.1, 0.15) is 11.7 Å². The summed E-state index contributed by atoms with van der Waals surface area (Å²) < 4.78 is 38.0. The van der Waals surface area contributed by atoms with Gasteiger partial charge >= 0.3 is 0 Å². The van der Waals surface area contributed by atoms with E-state index in [4.69, 9.17) is 0 Å². The molecule has 2 unspecified atom stereocenters.